The Hall–Kier alpha value is -0.460. The van der Waals surface area contributed by atoms with Crippen molar-refractivity contribution in [3.63, 3.8) is 0 Å². The molecule has 0 saturated carbocycles. The van der Waals surface area contributed by atoms with Crippen molar-refractivity contribution >= 4 is 15.9 Å². The van der Waals surface area contributed by atoms with Crippen molar-refractivity contribution in [2.24, 2.45) is 5.73 Å². The van der Waals surface area contributed by atoms with Gasteiger partial charge in [-0.2, -0.15) is 0 Å². The maximum atomic E-state index is 6.02. The number of methoxy groups -OCH3 is 2. The number of rotatable bonds is 9. The van der Waals surface area contributed by atoms with E-state index in [1.807, 2.05) is 12.1 Å². The lowest BCUT2D eigenvalue weighted by atomic mass is 10.0. The van der Waals surface area contributed by atoms with Gasteiger partial charge in [0.1, 0.15) is 0 Å². The monoisotopic (exact) mass is 344 g/mol. The highest BCUT2D eigenvalue weighted by Crippen LogP contribution is 2.24. The molecular formula is C15H25BrN2O2. The summed E-state index contributed by atoms with van der Waals surface area (Å²) in [7, 11) is 3.44. The van der Waals surface area contributed by atoms with Crippen LogP contribution in [0.15, 0.2) is 28.7 Å². The molecule has 0 spiro atoms. The lowest BCUT2D eigenvalue weighted by Gasteiger charge is -2.36. The van der Waals surface area contributed by atoms with E-state index < -0.39 is 0 Å². The van der Waals surface area contributed by atoms with E-state index >= 15 is 0 Å². The number of hydrogen-bond donors (Lipinski definition) is 1. The number of hydrogen-bond acceptors (Lipinski definition) is 4. The third-order valence-electron chi connectivity index (χ3n) is 3.38. The van der Waals surface area contributed by atoms with E-state index in [9.17, 15) is 0 Å². The van der Waals surface area contributed by atoms with Crippen LogP contribution in [-0.2, 0) is 9.47 Å². The van der Waals surface area contributed by atoms with E-state index in [-0.39, 0.29) is 12.1 Å². The molecule has 0 aliphatic carbocycles. The summed E-state index contributed by atoms with van der Waals surface area (Å²) >= 11 is 3.52. The van der Waals surface area contributed by atoms with E-state index in [4.69, 9.17) is 15.2 Å². The van der Waals surface area contributed by atoms with Gasteiger partial charge in [-0.3, -0.25) is 4.90 Å². The van der Waals surface area contributed by atoms with Crippen molar-refractivity contribution in [3.05, 3.63) is 34.3 Å². The number of ether oxygens (including phenoxy) is 2. The van der Waals surface area contributed by atoms with Gasteiger partial charge in [-0.15, -0.1) is 0 Å². The third kappa shape index (κ3) is 5.14. The lowest BCUT2D eigenvalue weighted by Crippen LogP contribution is -2.43. The molecule has 1 rings (SSSR count). The Labute approximate surface area is 130 Å². The second-order valence-electron chi connectivity index (χ2n) is 4.84. The SMILES string of the molecule is COCCN(C(C)COC)C(CN)c1cccc(Br)c1. The quantitative estimate of drug-likeness (QED) is 0.747. The lowest BCUT2D eigenvalue weighted by molar-refractivity contribution is 0.0486. The summed E-state index contributed by atoms with van der Waals surface area (Å²) in [6.07, 6.45) is 0. The van der Waals surface area contributed by atoms with Crippen LogP contribution >= 0.6 is 15.9 Å². The highest BCUT2D eigenvalue weighted by Gasteiger charge is 2.23. The summed E-state index contributed by atoms with van der Waals surface area (Å²) in [5, 5.41) is 0. The van der Waals surface area contributed by atoms with E-state index in [0.29, 0.717) is 19.8 Å². The fourth-order valence-corrected chi connectivity index (χ4v) is 2.81. The molecule has 0 aliphatic rings. The zero-order valence-electron chi connectivity index (χ0n) is 12.5. The Kier molecular flexibility index (Phi) is 8.33. The predicted octanol–water partition coefficient (Wildman–Crippen LogP) is 2.43. The highest BCUT2D eigenvalue weighted by atomic mass is 79.9. The van der Waals surface area contributed by atoms with Gasteiger partial charge in [0.15, 0.2) is 0 Å². The zero-order chi connectivity index (χ0) is 15.0. The Bertz CT molecular complexity index is 390. The van der Waals surface area contributed by atoms with Gasteiger partial charge >= 0.3 is 0 Å². The Morgan fingerprint density at radius 3 is 2.60 bits per heavy atom. The largest absolute Gasteiger partial charge is 0.383 e. The summed E-state index contributed by atoms with van der Waals surface area (Å²) in [6.45, 7) is 4.90. The first-order valence-corrected chi connectivity index (χ1v) is 7.62. The van der Waals surface area contributed by atoms with Crippen molar-refractivity contribution in [1.29, 1.82) is 0 Å². The van der Waals surface area contributed by atoms with Crippen LogP contribution in [0.5, 0.6) is 0 Å². The molecule has 1 aromatic carbocycles. The van der Waals surface area contributed by atoms with Crippen LogP contribution in [0.4, 0.5) is 0 Å². The topological polar surface area (TPSA) is 47.7 Å². The number of nitrogens with two attached hydrogens (primary N) is 1. The van der Waals surface area contributed by atoms with Gasteiger partial charge in [-0.1, -0.05) is 28.1 Å². The van der Waals surface area contributed by atoms with E-state index in [1.54, 1.807) is 14.2 Å². The van der Waals surface area contributed by atoms with Gasteiger partial charge in [0.25, 0.3) is 0 Å². The second-order valence-corrected chi connectivity index (χ2v) is 5.76. The molecule has 1 aromatic rings. The zero-order valence-corrected chi connectivity index (χ0v) is 14.1. The molecule has 0 fully saturated rings. The van der Waals surface area contributed by atoms with Crippen LogP contribution in [0.25, 0.3) is 0 Å². The maximum absolute atomic E-state index is 6.02. The Morgan fingerprint density at radius 1 is 1.30 bits per heavy atom. The first-order chi connectivity index (χ1) is 9.63. The van der Waals surface area contributed by atoms with Crippen LogP contribution in [0.1, 0.15) is 18.5 Å². The van der Waals surface area contributed by atoms with E-state index in [1.165, 1.54) is 5.56 Å². The average molecular weight is 345 g/mol. The van der Waals surface area contributed by atoms with Crippen molar-refractivity contribution in [3.8, 4) is 0 Å². The van der Waals surface area contributed by atoms with Gasteiger partial charge in [-0.25, -0.2) is 0 Å². The predicted molar refractivity (Wildman–Crippen MR) is 85.9 cm³/mol. The summed E-state index contributed by atoms with van der Waals surface area (Å²) in [4.78, 5) is 2.34. The van der Waals surface area contributed by atoms with Crippen molar-refractivity contribution in [2.75, 3.05) is 40.5 Å². The average Bonchev–Trinajstić information content (AvgIpc) is 2.43. The molecule has 0 bridgehead atoms. The molecule has 2 unspecified atom stereocenters. The standard InChI is InChI=1S/C15H25BrN2O2/c1-12(11-20-3)18(7-8-19-2)15(10-17)13-5-4-6-14(16)9-13/h4-6,9,12,15H,7-8,10-11,17H2,1-3H3. The van der Waals surface area contributed by atoms with Gasteiger partial charge in [0, 0.05) is 43.9 Å². The molecule has 0 aliphatic heterocycles. The molecule has 0 amide bonds. The molecule has 4 nitrogen and oxygen atoms in total. The molecule has 2 N–H and O–H groups in total. The van der Waals surface area contributed by atoms with Crippen LogP contribution in [-0.4, -0.2) is 51.5 Å². The molecule has 20 heavy (non-hydrogen) atoms. The van der Waals surface area contributed by atoms with Gasteiger partial charge in [0.05, 0.1) is 13.2 Å². The fraction of sp³-hybridized carbons (Fsp3) is 0.600. The minimum Gasteiger partial charge on any atom is -0.383 e. The second kappa shape index (κ2) is 9.47. The molecule has 114 valence electrons. The van der Waals surface area contributed by atoms with Crippen molar-refractivity contribution in [1.82, 2.24) is 4.90 Å². The first kappa shape index (κ1) is 17.6. The normalized spacial score (nSPS) is 14.5. The highest BCUT2D eigenvalue weighted by molar-refractivity contribution is 9.10. The molecular weight excluding hydrogens is 320 g/mol. The molecule has 2 atom stereocenters. The van der Waals surface area contributed by atoms with Crippen LogP contribution < -0.4 is 5.73 Å². The fourth-order valence-electron chi connectivity index (χ4n) is 2.39. The minimum absolute atomic E-state index is 0.160. The summed E-state index contributed by atoms with van der Waals surface area (Å²) in [5.41, 5.74) is 7.23. The van der Waals surface area contributed by atoms with Crippen molar-refractivity contribution < 1.29 is 9.47 Å². The third-order valence-corrected chi connectivity index (χ3v) is 3.88. The molecule has 0 aromatic heterocycles. The summed E-state index contributed by atoms with van der Waals surface area (Å²) < 4.78 is 11.6. The maximum Gasteiger partial charge on any atom is 0.0615 e. The number of nitrogens with zero attached hydrogens (tertiary/aromatic N) is 1. The summed E-state index contributed by atoms with van der Waals surface area (Å²) in [6, 6.07) is 8.74. The van der Waals surface area contributed by atoms with E-state index in [0.717, 1.165) is 11.0 Å². The van der Waals surface area contributed by atoms with Crippen LogP contribution in [0, 0.1) is 0 Å². The Balaban J connectivity index is 2.94. The van der Waals surface area contributed by atoms with Crippen molar-refractivity contribution in [2.45, 2.75) is 19.0 Å². The summed E-state index contributed by atoms with van der Waals surface area (Å²) in [5.74, 6) is 0. The molecule has 0 heterocycles. The van der Waals surface area contributed by atoms with E-state index in [2.05, 4.69) is 39.9 Å². The van der Waals surface area contributed by atoms with Crippen LogP contribution in [0.2, 0.25) is 0 Å². The molecule has 0 saturated heterocycles. The minimum atomic E-state index is 0.160. The van der Waals surface area contributed by atoms with Gasteiger partial charge < -0.3 is 15.2 Å². The van der Waals surface area contributed by atoms with Crippen LogP contribution in [0.3, 0.4) is 0 Å². The Morgan fingerprint density at radius 2 is 2.05 bits per heavy atom. The number of benzene rings is 1. The van der Waals surface area contributed by atoms with Gasteiger partial charge in [-0.05, 0) is 24.6 Å². The van der Waals surface area contributed by atoms with Gasteiger partial charge in [0.2, 0.25) is 0 Å². The molecule has 5 heteroatoms. The molecule has 0 radical (unpaired) electrons. The first-order valence-electron chi connectivity index (χ1n) is 6.83. The number of halogens is 1. The smallest absolute Gasteiger partial charge is 0.0615 e.